The molecule has 0 unspecified atom stereocenters. The second kappa shape index (κ2) is 5.96. The van der Waals surface area contributed by atoms with Gasteiger partial charge in [-0.25, -0.2) is 0 Å². The van der Waals surface area contributed by atoms with Crippen LogP contribution in [0.4, 0.5) is 11.4 Å². The zero-order valence-electron chi connectivity index (χ0n) is 10.1. The van der Waals surface area contributed by atoms with Crippen LogP contribution in [0, 0.1) is 11.3 Å². The molecule has 0 heterocycles. The van der Waals surface area contributed by atoms with Gasteiger partial charge in [0, 0.05) is 16.2 Å². The second-order valence-electron chi connectivity index (χ2n) is 3.78. The summed E-state index contributed by atoms with van der Waals surface area (Å²) in [5, 5.41) is 12.7. The van der Waals surface area contributed by atoms with E-state index in [4.69, 9.17) is 21.6 Å². The molecule has 0 saturated carbocycles. The van der Waals surface area contributed by atoms with Crippen molar-refractivity contribution in [1.82, 2.24) is 0 Å². The van der Waals surface area contributed by atoms with Crippen molar-refractivity contribution in [2.24, 2.45) is 0 Å². The van der Waals surface area contributed by atoms with Crippen molar-refractivity contribution < 1.29 is 4.74 Å². The summed E-state index contributed by atoms with van der Waals surface area (Å²) < 4.78 is 6.08. The molecule has 2 rings (SSSR count). The standard InChI is InChI=1S/C14H10BrClN2O/c1-19-11-6-9(15)5-10(7-11)18-14-4-2-3-13(16)12(14)8-17/h2-7,18H,1H3. The third-order valence-corrected chi connectivity index (χ3v) is 3.28. The maximum absolute atomic E-state index is 9.12. The van der Waals surface area contributed by atoms with E-state index < -0.39 is 0 Å². The van der Waals surface area contributed by atoms with E-state index >= 15 is 0 Å². The number of ether oxygens (including phenoxy) is 1. The van der Waals surface area contributed by atoms with Crippen LogP contribution in [0.5, 0.6) is 5.75 Å². The van der Waals surface area contributed by atoms with Crippen molar-refractivity contribution in [3.05, 3.63) is 51.5 Å². The summed E-state index contributed by atoms with van der Waals surface area (Å²) in [6.07, 6.45) is 0. The molecule has 3 nitrogen and oxygen atoms in total. The average molecular weight is 338 g/mol. The van der Waals surface area contributed by atoms with Crippen LogP contribution in [0.25, 0.3) is 0 Å². The number of methoxy groups -OCH3 is 1. The average Bonchev–Trinajstić information content (AvgIpc) is 2.38. The molecule has 96 valence electrons. The third-order valence-electron chi connectivity index (χ3n) is 2.51. The Kier molecular flexibility index (Phi) is 4.31. The molecule has 0 aliphatic heterocycles. The quantitative estimate of drug-likeness (QED) is 0.881. The number of nitriles is 1. The monoisotopic (exact) mass is 336 g/mol. The molecule has 0 saturated heterocycles. The van der Waals surface area contributed by atoms with Gasteiger partial charge in [-0.2, -0.15) is 5.26 Å². The molecule has 0 aromatic heterocycles. The molecule has 0 fully saturated rings. The number of hydrogen-bond donors (Lipinski definition) is 1. The smallest absolute Gasteiger partial charge is 0.122 e. The Morgan fingerprint density at radius 3 is 2.79 bits per heavy atom. The zero-order chi connectivity index (χ0) is 13.8. The normalized spacial score (nSPS) is 9.79. The first kappa shape index (κ1) is 13.7. The van der Waals surface area contributed by atoms with Gasteiger partial charge in [-0.05, 0) is 24.3 Å². The topological polar surface area (TPSA) is 45.0 Å². The Hall–Kier alpha value is -1.70. The Labute approximate surface area is 124 Å². The highest BCUT2D eigenvalue weighted by Gasteiger charge is 2.07. The summed E-state index contributed by atoms with van der Waals surface area (Å²) >= 11 is 9.40. The first-order chi connectivity index (χ1) is 9.13. The first-order valence-corrected chi connectivity index (χ1v) is 6.61. The lowest BCUT2D eigenvalue weighted by Gasteiger charge is -2.11. The van der Waals surface area contributed by atoms with Crippen molar-refractivity contribution in [3.63, 3.8) is 0 Å². The minimum Gasteiger partial charge on any atom is -0.497 e. The Morgan fingerprint density at radius 2 is 2.11 bits per heavy atom. The van der Waals surface area contributed by atoms with E-state index in [0.717, 1.165) is 15.9 Å². The van der Waals surface area contributed by atoms with Crippen molar-refractivity contribution in [2.45, 2.75) is 0 Å². The lowest BCUT2D eigenvalue weighted by molar-refractivity contribution is 0.415. The number of rotatable bonds is 3. The lowest BCUT2D eigenvalue weighted by Crippen LogP contribution is -1.95. The minimum atomic E-state index is 0.420. The summed E-state index contributed by atoms with van der Waals surface area (Å²) in [4.78, 5) is 0. The van der Waals surface area contributed by atoms with Gasteiger partial charge in [0.15, 0.2) is 0 Å². The molecule has 0 spiro atoms. The molecule has 0 atom stereocenters. The van der Waals surface area contributed by atoms with Crippen LogP contribution in [0.2, 0.25) is 5.02 Å². The maximum Gasteiger partial charge on any atom is 0.122 e. The molecule has 2 aromatic carbocycles. The van der Waals surface area contributed by atoms with Crippen molar-refractivity contribution >= 4 is 38.9 Å². The molecule has 2 aromatic rings. The first-order valence-electron chi connectivity index (χ1n) is 5.44. The van der Waals surface area contributed by atoms with E-state index in [0.29, 0.717) is 16.3 Å². The second-order valence-corrected chi connectivity index (χ2v) is 5.10. The number of hydrogen-bond acceptors (Lipinski definition) is 3. The number of nitrogens with zero attached hydrogens (tertiary/aromatic N) is 1. The lowest BCUT2D eigenvalue weighted by atomic mass is 10.2. The molecule has 5 heteroatoms. The highest BCUT2D eigenvalue weighted by molar-refractivity contribution is 9.10. The third kappa shape index (κ3) is 3.19. The van der Waals surface area contributed by atoms with Crippen LogP contribution >= 0.6 is 27.5 Å². The Balaban J connectivity index is 2.39. The molecule has 0 aliphatic rings. The number of anilines is 2. The summed E-state index contributed by atoms with van der Waals surface area (Å²) in [7, 11) is 1.60. The number of benzene rings is 2. The summed E-state index contributed by atoms with van der Waals surface area (Å²) in [5.41, 5.74) is 1.89. The van der Waals surface area contributed by atoms with Crippen LogP contribution in [0.15, 0.2) is 40.9 Å². The molecule has 19 heavy (non-hydrogen) atoms. The van der Waals surface area contributed by atoms with Gasteiger partial charge < -0.3 is 10.1 Å². The number of halogens is 2. The number of nitrogens with one attached hydrogen (secondary N) is 1. The fourth-order valence-electron chi connectivity index (χ4n) is 1.65. The predicted octanol–water partition coefficient (Wildman–Crippen LogP) is 4.73. The summed E-state index contributed by atoms with van der Waals surface area (Å²) in [6, 6.07) is 13.0. The Morgan fingerprint density at radius 1 is 1.32 bits per heavy atom. The molecular weight excluding hydrogens is 328 g/mol. The predicted molar refractivity (Wildman–Crippen MR) is 80.1 cm³/mol. The highest BCUT2D eigenvalue weighted by atomic mass is 79.9. The van der Waals surface area contributed by atoms with Gasteiger partial charge in [0.05, 0.1) is 23.4 Å². The van der Waals surface area contributed by atoms with Gasteiger partial charge in [0.25, 0.3) is 0 Å². The molecule has 0 amide bonds. The van der Waals surface area contributed by atoms with E-state index in [1.807, 2.05) is 18.2 Å². The van der Waals surface area contributed by atoms with Gasteiger partial charge in [0.1, 0.15) is 11.8 Å². The zero-order valence-corrected chi connectivity index (χ0v) is 12.4. The van der Waals surface area contributed by atoms with Gasteiger partial charge in [-0.1, -0.05) is 33.6 Å². The van der Waals surface area contributed by atoms with Gasteiger partial charge in [0.2, 0.25) is 0 Å². The van der Waals surface area contributed by atoms with E-state index in [1.165, 1.54) is 0 Å². The largest absolute Gasteiger partial charge is 0.497 e. The molecular formula is C14H10BrClN2O. The Bertz CT molecular complexity index is 652. The van der Waals surface area contributed by atoms with E-state index in [9.17, 15) is 0 Å². The molecule has 0 bridgehead atoms. The summed E-state index contributed by atoms with van der Waals surface area (Å²) in [6.45, 7) is 0. The fraction of sp³-hybridized carbons (Fsp3) is 0.0714. The van der Waals surface area contributed by atoms with E-state index in [2.05, 4.69) is 27.3 Å². The SMILES string of the molecule is COc1cc(Br)cc(Nc2cccc(Cl)c2C#N)c1. The van der Waals surface area contributed by atoms with Crippen molar-refractivity contribution in [3.8, 4) is 11.8 Å². The summed E-state index contributed by atoms with van der Waals surface area (Å²) in [5.74, 6) is 0.720. The molecule has 0 aliphatic carbocycles. The van der Waals surface area contributed by atoms with Crippen LogP contribution in [0.1, 0.15) is 5.56 Å². The van der Waals surface area contributed by atoms with Gasteiger partial charge in [-0.3, -0.25) is 0 Å². The van der Waals surface area contributed by atoms with Crippen molar-refractivity contribution in [2.75, 3.05) is 12.4 Å². The minimum absolute atomic E-state index is 0.420. The van der Waals surface area contributed by atoms with Crippen LogP contribution in [0.3, 0.4) is 0 Å². The highest BCUT2D eigenvalue weighted by Crippen LogP contribution is 2.30. The van der Waals surface area contributed by atoms with Crippen LogP contribution in [-0.4, -0.2) is 7.11 Å². The van der Waals surface area contributed by atoms with Crippen molar-refractivity contribution in [1.29, 1.82) is 5.26 Å². The maximum atomic E-state index is 9.12. The van der Waals surface area contributed by atoms with Gasteiger partial charge >= 0.3 is 0 Å². The van der Waals surface area contributed by atoms with E-state index in [1.54, 1.807) is 25.3 Å². The van der Waals surface area contributed by atoms with Crippen LogP contribution in [-0.2, 0) is 0 Å². The van der Waals surface area contributed by atoms with E-state index in [-0.39, 0.29) is 0 Å². The van der Waals surface area contributed by atoms with Crippen LogP contribution < -0.4 is 10.1 Å². The van der Waals surface area contributed by atoms with Gasteiger partial charge in [-0.15, -0.1) is 0 Å². The molecule has 1 N–H and O–H groups in total. The molecule has 0 radical (unpaired) electrons. The fourth-order valence-corrected chi connectivity index (χ4v) is 2.34.